The summed E-state index contributed by atoms with van der Waals surface area (Å²) in [7, 11) is 0. The monoisotopic (exact) mass is 291 g/mol. The van der Waals surface area contributed by atoms with E-state index in [4.69, 9.17) is 0 Å². The number of nitro groups is 1. The highest BCUT2D eigenvalue weighted by molar-refractivity contribution is 5.45. The van der Waals surface area contributed by atoms with Gasteiger partial charge in [-0.3, -0.25) is 15.0 Å². The summed E-state index contributed by atoms with van der Waals surface area (Å²) < 4.78 is 0. The van der Waals surface area contributed by atoms with Gasteiger partial charge in [0.05, 0.1) is 4.92 Å². The van der Waals surface area contributed by atoms with E-state index in [0.717, 1.165) is 31.8 Å². The summed E-state index contributed by atoms with van der Waals surface area (Å²) >= 11 is 0. The lowest BCUT2D eigenvalue weighted by molar-refractivity contribution is -0.385. The van der Waals surface area contributed by atoms with Crippen LogP contribution in [-0.4, -0.2) is 41.1 Å². The number of nitrogens with one attached hydrogen (secondary N) is 1. The van der Waals surface area contributed by atoms with E-state index in [1.54, 1.807) is 0 Å². The number of benzene rings is 1. The zero-order valence-electron chi connectivity index (χ0n) is 12.2. The van der Waals surface area contributed by atoms with Crippen LogP contribution >= 0.6 is 0 Å². The van der Waals surface area contributed by atoms with Gasteiger partial charge in [0.1, 0.15) is 5.75 Å². The maximum Gasteiger partial charge on any atom is 0.270 e. The first-order valence-corrected chi connectivity index (χ1v) is 7.05. The van der Waals surface area contributed by atoms with Gasteiger partial charge >= 0.3 is 0 Å². The molecule has 1 aliphatic rings. The van der Waals surface area contributed by atoms with Crippen molar-refractivity contribution in [2.75, 3.05) is 26.2 Å². The van der Waals surface area contributed by atoms with Gasteiger partial charge in [-0.25, -0.2) is 0 Å². The van der Waals surface area contributed by atoms with Crippen LogP contribution in [0, 0.1) is 10.1 Å². The van der Waals surface area contributed by atoms with Gasteiger partial charge in [-0.15, -0.1) is 6.58 Å². The Bertz CT molecular complexity index is 539. The highest BCUT2D eigenvalue weighted by atomic mass is 16.6. The molecule has 0 aliphatic carbocycles. The van der Waals surface area contributed by atoms with E-state index in [-0.39, 0.29) is 17.5 Å². The van der Waals surface area contributed by atoms with Gasteiger partial charge in [0.25, 0.3) is 5.69 Å². The lowest BCUT2D eigenvalue weighted by Gasteiger charge is -2.35. The Morgan fingerprint density at radius 1 is 1.52 bits per heavy atom. The lowest BCUT2D eigenvalue weighted by atomic mass is 9.96. The van der Waals surface area contributed by atoms with Crippen molar-refractivity contribution >= 4 is 5.69 Å². The fourth-order valence-electron chi connectivity index (χ4n) is 2.68. The van der Waals surface area contributed by atoms with E-state index < -0.39 is 4.92 Å². The Hall–Kier alpha value is -1.92. The number of aromatic hydroxyl groups is 1. The van der Waals surface area contributed by atoms with Gasteiger partial charge in [-0.2, -0.15) is 0 Å². The molecule has 0 amide bonds. The average Bonchev–Trinajstić information content (AvgIpc) is 2.46. The average molecular weight is 291 g/mol. The number of nitro benzene ring substituents is 1. The van der Waals surface area contributed by atoms with Crippen LogP contribution in [0.3, 0.4) is 0 Å². The predicted molar refractivity (Wildman–Crippen MR) is 81.4 cm³/mol. The molecule has 1 aliphatic heterocycles. The number of piperazine rings is 1. The first-order valence-electron chi connectivity index (χ1n) is 7.05. The Labute approximate surface area is 124 Å². The standard InChI is InChI=1S/C15H21N3O3/c1-11(2)9-14(17-7-5-16-6-8-17)13-10-12(18(20)21)3-4-15(13)19/h3-4,10,14,16,19H,1,5-9H2,2H3/t14-/m0/s1. The number of rotatable bonds is 5. The van der Waals surface area contributed by atoms with Crippen molar-refractivity contribution < 1.29 is 10.0 Å². The number of hydrogen-bond acceptors (Lipinski definition) is 5. The summed E-state index contributed by atoms with van der Waals surface area (Å²) in [5.41, 5.74) is 1.60. The van der Waals surface area contributed by atoms with E-state index in [1.807, 2.05) is 6.92 Å². The van der Waals surface area contributed by atoms with E-state index in [1.165, 1.54) is 18.2 Å². The van der Waals surface area contributed by atoms with Crippen LogP contribution < -0.4 is 5.32 Å². The van der Waals surface area contributed by atoms with Crippen LogP contribution in [0.4, 0.5) is 5.69 Å². The third-order valence-electron chi connectivity index (χ3n) is 3.72. The van der Waals surface area contributed by atoms with Gasteiger partial charge in [-0.05, 0) is 19.4 Å². The van der Waals surface area contributed by atoms with E-state index in [0.29, 0.717) is 12.0 Å². The summed E-state index contributed by atoms with van der Waals surface area (Å²) in [4.78, 5) is 12.8. The quantitative estimate of drug-likeness (QED) is 0.494. The first-order chi connectivity index (χ1) is 9.99. The van der Waals surface area contributed by atoms with E-state index >= 15 is 0 Å². The van der Waals surface area contributed by atoms with Gasteiger partial charge in [-0.1, -0.05) is 5.57 Å². The second-order valence-corrected chi connectivity index (χ2v) is 5.46. The molecule has 6 nitrogen and oxygen atoms in total. The molecular formula is C15H21N3O3. The van der Waals surface area contributed by atoms with Crippen molar-refractivity contribution in [2.24, 2.45) is 0 Å². The molecule has 114 valence electrons. The minimum Gasteiger partial charge on any atom is -0.508 e. The minimum absolute atomic E-state index is 0.00431. The van der Waals surface area contributed by atoms with Crippen molar-refractivity contribution in [1.82, 2.24) is 10.2 Å². The second-order valence-electron chi connectivity index (χ2n) is 5.46. The molecule has 1 fully saturated rings. The summed E-state index contributed by atoms with van der Waals surface area (Å²) in [5.74, 6) is 0.102. The summed E-state index contributed by atoms with van der Waals surface area (Å²) in [5, 5.41) is 24.4. The molecule has 2 N–H and O–H groups in total. The zero-order chi connectivity index (χ0) is 15.4. The molecule has 1 aromatic carbocycles. The molecule has 0 aromatic heterocycles. The Morgan fingerprint density at radius 3 is 2.76 bits per heavy atom. The van der Waals surface area contributed by atoms with Crippen molar-refractivity contribution in [3.8, 4) is 5.75 Å². The highest BCUT2D eigenvalue weighted by Gasteiger charge is 2.26. The Morgan fingerprint density at radius 2 is 2.19 bits per heavy atom. The van der Waals surface area contributed by atoms with Gasteiger partial charge in [0.2, 0.25) is 0 Å². The maximum atomic E-state index is 11.0. The predicted octanol–water partition coefficient (Wildman–Crippen LogP) is 2.21. The summed E-state index contributed by atoms with van der Waals surface area (Å²) in [6.07, 6.45) is 0.675. The number of nitrogens with zero attached hydrogens (tertiary/aromatic N) is 2. The number of hydrogen-bond donors (Lipinski definition) is 2. The first kappa shape index (κ1) is 15.5. The number of phenolic OH excluding ortho intramolecular Hbond substituents is 1. The fourth-order valence-corrected chi connectivity index (χ4v) is 2.68. The Kier molecular flexibility index (Phi) is 4.93. The molecule has 6 heteroatoms. The normalized spacial score (nSPS) is 17.4. The molecule has 0 bridgehead atoms. The molecule has 0 radical (unpaired) electrons. The molecule has 1 heterocycles. The lowest BCUT2D eigenvalue weighted by Crippen LogP contribution is -2.45. The maximum absolute atomic E-state index is 11.0. The van der Waals surface area contributed by atoms with Crippen LogP contribution in [-0.2, 0) is 0 Å². The van der Waals surface area contributed by atoms with Crippen LogP contribution in [0.15, 0.2) is 30.4 Å². The molecular weight excluding hydrogens is 270 g/mol. The highest BCUT2D eigenvalue weighted by Crippen LogP contribution is 2.35. The third-order valence-corrected chi connectivity index (χ3v) is 3.72. The summed E-state index contributed by atoms with van der Waals surface area (Å²) in [6.45, 7) is 9.33. The molecule has 2 rings (SSSR count). The largest absolute Gasteiger partial charge is 0.508 e. The van der Waals surface area contributed by atoms with Crippen LogP contribution in [0.25, 0.3) is 0 Å². The topological polar surface area (TPSA) is 78.6 Å². The van der Waals surface area contributed by atoms with Crippen LogP contribution in [0.5, 0.6) is 5.75 Å². The molecule has 0 unspecified atom stereocenters. The smallest absolute Gasteiger partial charge is 0.270 e. The van der Waals surface area contributed by atoms with Gasteiger partial charge in [0.15, 0.2) is 0 Å². The molecule has 0 spiro atoms. The molecule has 1 aromatic rings. The van der Waals surface area contributed by atoms with Crippen molar-refractivity contribution in [3.05, 3.63) is 46.0 Å². The Balaban J connectivity index is 2.36. The van der Waals surface area contributed by atoms with E-state index in [9.17, 15) is 15.2 Å². The van der Waals surface area contributed by atoms with Crippen molar-refractivity contribution in [1.29, 1.82) is 0 Å². The molecule has 1 saturated heterocycles. The van der Waals surface area contributed by atoms with Gasteiger partial charge in [0, 0.05) is 49.9 Å². The summed E-state index contributed by atoms with van der Waals surface area (Å²) in [6, 6.07) is 4.13. The zero-order valence-corrected chi connectivity index (χ0v) is 12.2. The fraction of sp³-hybridized carbons (Fsp3) is 0.467. The third kappa shape index (κ3) is 3.80. The second kappa shape index (κ2) is 6.69. The van der Waals surface area contributed by atoms with Crippen LogP contribution in [0.1, 0.15) is 24.9 Å². The number of non-ortho nitro benzene ring substituents is 1. The minimum atomic E-state index is -0.432. The SMILES string of the molecule is C=C(C)C[C@@H](c1cc([N+](=O)[O-])ccc1O)N1CCNCC1. The molecule has 0 saturated carbocycles. The van der Waals surface area contributed by atoms with E-state index in [2.05, 4.69) is 16.8 Å². The van der Waals surface area contributed by atoms with Gasteiger partial charge < -0.3 is 10.4 Å². The number of phenols is 1. The van der Waals surface area contributed by atoms with Crippen molar-refractivity contribution in [3.63, 3.8) is 0 Å². The van der Waals surface area contributed by atoms with Crippen LogP contribution in [0.2, 0.25) is 0 Å². The molecule has 21 heavy (non-hydrogen) atoms. The molecule has 1 atom stereocenters. The van der Waals surface area contributed by atoms with Crippen molar-refractivity contribution in [2.45, 2.75) is 19.4 Å².